The van der Waals surface area contributed by atoms with Crippen LogP contribution in [0.2, 0.25) is 0 Å². The highest BCUT2D eigenvalue weighted by Crippen LogP contribution is 2.32. The molecule has 170 valence electrons. The second kappa shape index (κ2) is 10.4. The van der Waals surface area contributed by atoms with E-state index < -0.39 is 0 Å². The molecule has 1 aromatic heterocycles. The van der Waals surface area contributed by atoms with Crippen LogP contribution in [0.3, 0.4) is 0 Å². The van der Waals surface area contributed by atoms with Crippen LogP contribution >= 0.6 is 11.3 Å². The highest BCUT2D eigenvalue weighted by molar-refractivity contribution is 7.11. The molecule has 6 nitrogen and oxygen atoms in total. The summed E-state index contributed by atoms with van der Waals surface area (Å²) in [5.41, 5.74) is 1.48. The second-order valence-electron chi connectivity index (χ2n) is 7.79. The number of carbonyl (C=O) groups is 2. The molecule has 0 bridgehead atoms. The van der Waals surface area contributed by atoms with Crippen LogP contribution in [0.5, 0.6) is 11.5 Å². The Balaban J connectivity index is 1.53. The van der Waals surface area contributed by atoms with E-state index in [-0.39, 0.29) is 31.7 Å². The van der Waals surface area contributed by atoms with Crippen molar-refractivity contribution in [1.82, 2.24) is 9.80 Å². The number of nitrogens with zero attached hydrogens (tertiary/aromatic N) is 2. The van der Waals surface area contributed by atoms with Gasteiger partial charge in [-0.25, -0.2) is 0 Å². The van der Waals surface area contributed by atoms with E-state index in [0.717, 1.165) is 10.4 Å². The number of carbonyl (C=O) groups excluding carboxylic acids is 2. The largest absolute Gasteiger partial charge is 0.454 e. The first-order chi connectivity index (χ1) is 16.0. The van der Waals surface area contributed by atoms with Crippen molar-refractivity contribution in [1.29, 1.82) is 0 Å². The lowest BCUT2D eigenvalue weighted by Gasteiger charge is -2.27. The molecule has 0 N–H and O–H groups in total. The van der Waals surface area contributed by atoms with Gasteiger partial charge in [0, 0.05) is 28.4 Å². The number of rotatable bonds is 9. The Labute approximate surface area is 197 Å². The maximum atomic E-state index is 13.4. The summed E-state index contributed by atoms with van der Waals surface area (Å²) < 4.78 is 10.7. The summed E-state index contributed by atoms with van der Waals surface area (Å²) >= 11 is 1.67. The van der Waals surface area contributed by atoms with Crippen LogP contribution in [-0.4, -0.2) is 41.5 Å². The van der Waals surface area contributed by atoms with Crippen molar-refractivity contribution in [3.05, 3.63) is 94.2 Å². The fourth-order valence-corrected chi connectivity index (χ4v) is 4.55. The van der Waals surface area contributed by atoms with E-state index in [4.69, 9.17) is 9.47 Å². The molecule has 0 saturated heterocycles. The number of hydrogen-bond donors (Lipinski definition) is 0. The van der Waals surface area contributed by atoms with Crippen LogP contribution in [-0.2, 0) is 17.9 Å². The predicted molar refractivity (Wildman–Crippen MR) is 128 cm³/mol. The minimum atomic E-state index is -0.256. The van der Waals surface area contributed by atoms with Crippen molar-refractivity contribution in [2.75, 3.05) is 19.9 Å². The zero-order chi connectivity index (χ0) is 23.2. The van der Waals surface area contributed by atoms with Gasteiger partial charge in [0.2, 0.25) is 12.7 Å². The molecule has 2 aromatic carbocycles. The van der Waals surface area contributed by atoms with Crippen molar-refractivity contribution in [2.45, 2.75) is 20.0 Å². The van der Waals surface area contributed by atoms with Gasteiger partial charge in [-0.3, -0.25) is 9.59 Å². The van der Waals surface area contributed by atoms with Gasteiger partial charge in [0.1, 0.15) is 6.54 Å². The van der Waals surface area contributed by atoms with Crippen molar-refractivity contribution < 1.29 is 19.1 Å². The van der Waals surface area contributed by atoms with Crippen molar-refractivity contribution in [3.63, 3.8) is 0 Å². The van der Waals surface area contributed by atoms with Gasteiger partial charge >= 0.3 is 0 Å². The summed E-state index contributed by atoms with van der Waals surface area (Å²) in [6, 6.07) is 19.0. The van der Waals surface area contributed by atoms with Gasteiger partial charge in [0.25, 0.3) is 5.91 Å². The third kappa shape index (κ3) is 5.62. The summed E-state index contributed by atoms with van der Waals surface area (Å²) in [6.07, 6.45) is 1.63. The number of benzene rings is 2. The highest BCUT2D eigenvalue weighted by Gasteiger charge is 2.24. The first-order valence-electron chi connectivity index (χ1n) is 10.7. The number of thiophene rings is 1. The molecule has 0 radical (unpaired) electrons. The normalized spacial score (nSPS) is 11.8. The second-order valence-corrected chi connectivity index (χ2v) is 9.16. The zero-order valence-electron chi connectivity index (χ0n) is 18.5. The molecule has 0 spiro atoms. The molecular weight excluding hydrogens is 436 g/mol. The van der Waals surface area contributed by atoms with Crippen LogP contribution < -0.4 is 9.47 Å². The Morgan fingerprint density at radius 1 is 1.00 bits per heavy atom. The minimum absolute atomic E-state index is 0.0452. The fourth-order valence-electron chi connectivity index (χ4n) is 3.64. The van der Waals surface area contributed by atoms with Crippen LogP contribution in [0.15, 0.2) is 73.3 Å². The molecule has 2 amide bonds. The van der Waals surface area contributed by atoms with Crippen molar-refractivity contribution >= 4 is 23.2 Å². The summed E-state index contributed by atoms with van der Waals surface area (Å²) in [5.74, 6) is 0.761. The molecule has 0 fully saturated rings. The molecule has 0 atom stereocenters. The standard InChI is InChI=1S/C26H26N2O4S/c1-3-13-27(26(30)21-10-12-23-24(14-21)32-18-31-23)17-25(29)28(15-20-7-5-4-6-8-20)16-22-11-9-19(2)33-22/h3-12,14H,1,13,15-18H2,2H3. The number of fused-ring (bicyclic) bond motifs is 1. The Kier molecular flexibility index (Phi) is 7.10. The Morgan fingerprint density at radius 3 is 2.52 bits per heavy atom. The molecule has 0 saturated carbocycles. The summed E-state index contributed by atoms with van der Waals surface area (Å²) in [4.78, 5) is 32.3. The molecule has 0 unspecified atom stereocenters. The third-order valence-electron chi connectivity index (χ3n) is 5.29. The average Bonchev–Trinajstić information content (AvgIpc) is 3.46. The smallest absolute Gasteiger partial charge is 0.254 e. The van der Waals surface area contributed by atoms with Crippen LogP contribution in [0.25, 0.3) is 0 Å². The molecule has 33 heavy (non-hydrogen) atoms. The quantitative estimate of drug-likeness (QED) is 0.435. The van der Waals surface area contributed by atoms with E-state index in [2.05, 4.69) is 12.6 Å². The maximum absolute atomic E-state index is 13.4. The molecule has 1 aliphatic rings. The summed E-state index contributed by atoms with van der Waals surface area (Å²) in [5, 5.41) is 0. The number of ether oxygens (including phenoxy) is 2. The molecule has 4 rings (SSSR count). The highest BCUT2D eigenvalue weighted by atomic mass is 32.1. The maximum Gasteiger partial charge on any atom is 0.254 e. The lowest BCUT2D eigenvalue weighted by Crippen LogP contribution is -2.42. The summed E-state index contributed by atoms with van der Waals surface area (Å²) in [7, 11) is 0. The lowest BCUT2D eigenvalue weighted by atomic mass is 10.1. The van der Waals surface area contributed by atoms with Crippen LogP contribution in [0, 0.1) is 6.92 Å². The third-order valence-corrected chi connectivity index (χ3v) is 6.28. The molecule has 3 aromatic rings. The van der Waals surface area contributed by atoms with E-state index in [1.807, 2.05) is 43.3 Å². The minimum Gasteiger partial charge on any atom is -0.454 e. The van der Waals surface area contributed by atoms with Crippen molar-refractivity contribution in [2.24, 2.45) is 0 Å². The fraction of sp³-hybridized carbons (Fsp3) is 0.231. The van der Waals surface area contributed by atoms with Gasteiger partial charge in [0.05, 0.1) is 6.54 Å². The summed E-state index contributed by atoms with van der Waals surface area (Å²) in [6.45, 7) is 7.13. The van der Waals surface area contributed by atoms with Crippen molar-refractivity contribution in [3.8, 4) is 11.5 Å². The van der Waals surface area contributed by atoms with Gasteiger partial charge in [-0.05, 0) is 42.8 Å². The SMILES string of the molecule is C=CCN(CC(=O)N(Cc1ccccc1)Cc1ccc(C)s1)C(=O)c1ccc2c(c1)OCO2. The topological polar surface area (TPSA) is 59.1 Å². The van der Waals surface area contributed by atoms with Crippen LogP contribution in [0.4, 0.5) is 0 Å². The van der Waals surface area contributed by atoms with Gasteiger partial charge < -0.3 is 19.3 Å². The predicted octanol–water partition coefficient (Wildman–Crippen LogP) is 4.64. The Hall–Kier alpha value is -3.58. The average molecular weight is 463 g/mol. The first kappa shape index (κ1) is 22.6. The van der Waals surface area contributed by atoms with Gasteiger partial charge in [-0.15, -0.1) is 17.9 Å². The van der Waals surface area contributed by atoms with E-state index in [1.54, 1.807) is 40.5 Å². The molecule has 0 aliphatic carbocycles. The van der Waals surface area contributed by atoms with E-state index in [0.29, 0.717) is 30.2 Å². The van der Waals surface area contributed by atoms with Gasteiger partial charge in [-0.1, -0.05) is 36.4 Å². The van der Waals surface area contributed by atoms with E-state index >= 15 is 0 Å². The zero-order valence-corrected chi connectivity index (χ0v) is 19.3. The number of aryl methyl sites for hydroxylation is 1. The monoisotopic (exact) mass is 462 g/mol. The Bertz CT molecular complexity index is 1140. The van der Waals surface area contributed by atoms with Gasteiger partial charge in [0.15, 0.2) is 11.5 Å². The molecule has 1 aliphatic heterocycles. The number of amides is 2. The van der Waals surface area contributed by atoms with E-state index in [9.17, 15) is 9.59 Å². The number of hydrogen-bond acceptors (Lipinski definition) is 5. The lowest BCUT2D eigenvalue weighted by molar-refractivity contribution is -0.133. The van der Waals surface area contributed by atoms with Gasteiger partial charge in [-0.2, -0.15) is 0 Å². The molecular formula is C26H26N2O4S. The molecule has 7 heteroatoms. The molecule has 2 heterocycles. The Morgan fingerprint density at radius 2 is 1.79 bits per heavy atom. The van der Waals surface area contributed by atoms with E-state index in [1.165, 1.54) is 9.78 Å². The van der Waals surface area contributed by atoms with Crippen LogP contribution in [0.1, 0.15) is 25.7 Å². The first-order valence-corrected chi connectivity index (χ1v) is 11.5.